The van der Waals surface area contributed by atoms with Crippen LogP contribution in [0.1, 0.15) is 18.2 Å². The van der Waals surface area contributed by atoms with E-state index in [-0.39, 0.29) is 0 Å². The van der Waals surface area contributed by atoms with Crippen molar-refractivity contribution >= 4 is 11.0 Å². The number of aromatic amines is 1. The van der Waals surface area contributed by atoms with Gasteiger partial charge in [0.15, 0.2) is 0 Å². The Labute approximate surface area is 146 Å². The molecule has 0 spiro atoms. The zero-order valence-electron chi connectivity index (χ0n) is 14.1. The van der Waals surface area contributed by atoms with Crippen molar-refractivity contribution in [2.45, 2.75) is 26.0 Å². The van der Waals surface area contributed by atoms with Crippen LogP contribution in [0.3, 0.4) is 0 Å². The number of aliphatic hydroxyl groups excluding tert-OH is 1. The van der Waals surface area contributed by atoms with E-state index in [4.69, 9.17) is 0 Å². The Kier molecular flexibility index (Phi) is 4.07. The number of H-pyrrole nitrogens is 1. The molecule has 2 aromatic heterocycles. The number of para-hydroxylation sites is 1. The summed E-state index contributed by atoms with van der Waals surface area (Å²) in [5.41, 5.74) is 6.15. The van der Waals surface area contributed by atoms with Gasteiger partial charge in [-0.1, -0.05) is 42.5 Å². The van der Waals surface area contributed by atoms with Gasteiger partial charge in [-0.05, 0) is 18.6 Å². The van der Waals surface area contributed by atoms with Gasteiger partial charge in [0.05, 0.1) is 42.0 Å². The first-order valence-electron chi connectivity index (χ1n) is 8.41. The summed E-state index contributed by atoms with van der Waals surface area (Å²) in [6.45, 7) is 2.48. The van der Waals surface area contributed by atoms with Crippen molar-refractivity contribution in [3.8, 4) is 11.3 Å². The molecule has 0 saturated heterocycles. The second-order valence-corrected chi connectivity index (χ2v) is 6.30. The lowest BCUT2D eigenvalue weighted by Crippen LogP contribution is -2.12. The van der Waals surface area contributed by atoms with Crippen LogP contribution in [0.4, 0.5) is 0 Å². The number of imidazole rings is 2. The summed E-state index contributed by atoms with van der Waals surface area (Å²) >= 11 is 0. The number of aliphatic hydroxyl groups is 1. The lowest BCUT2D eigenvalue weighted by atomic mass is 10.1. The molecule has 1 atom stereocenters. The first-order valence-corrected chi connectivity index (χ1v) is 8.41. The van der Waals surface area contributed by atoms with E-state index in [1.807, 2.05) is 48.8 Å². The van der Waals surface area contributed by atoms with E-state index in [0.717, 1.165) is 33.5 Å². The molecule has 5 nitrogen and oxygen atoms in total. The molecule has 0 bridgehead atoms. The van der Waals surface area contributed by atoms with Crippen LogP contribution in [0, 0.1) is 0 Å². The van der Waals surface area contributed by atoms with Gasteiger partial charge in [-0.3, -0.25) is 0 Å². The minimum absolute atomic E-state index is 0.431. The van der Waals surface area contributed by atoms with Crippen molar-refractivity contribution < 1.29 is 5.11 Å². The maximum absolute atomic E-state index is 9.97. The molecule has 0 amide bonds. The smallest absolute Gasteiger partial charge is 0.0959 e. The van der Waals surface area contributed by atoms with E-state index in [0.29, 0.717) is 13.0 Å². The number of hydrogen-bond acceptors (Lipinski definition) is 3. The van der Waals surface area contributed by atoms with E-state index in [9.17, 15) is 5.11 Å². The van der Waals surface area contributed by atoms with Gasteiger partial charge in [0.1, 0.15) is 0 Å². The van der Waals surface area contributed by atoms with Gasteiger partial charge >= 0.3 is 0 Å². The summed E-state index contributed by atoms with van der Waals surface area (Å²) in [5.74, 6) is 0. The van der Waals surface area contributed by atoms with Crippen molar-refractivity contribution in [2.75, 3.05) is 0 Å². The minimum atomic E-state index is -0.431. The van der Waals surface area contributed by atoms with Gasteiger partial charge in [-0.25, -0.2) is 9.97 Å². The molecule has 4 aromatic rings. The highest BCUT2D eigenvalue weighted by Gasteiger charge is 2.16. The predicted molar refractivity (Wildman–Crippen MR) is 98.2 cm³/mol. The third-order valence-electron chi connectivity index (χ3n) is 4.36. The van der Waals surface area contributed by atoms with Crippen molar-refractivity contribution in [1.82, 2.24) is 19.5 Å². The van der Waals surface area contributed by atoms with Crippen LogP contribution in [0.2, 0.25) is 0 Å². The topological polar surface area (TPSA) is 66.7 Å². The summed E-state index contributed by atoms with van der Waals surface area (Å²) in [6.07, 6.45) is 3.69. The lowest BCUT2D eigenvalue weighted by molar-refractivity contribution is 0.193. The fourth-order valence-corrected chi connectivity index (χ4v) is 3.21. The van der Waals surface area contributed by atoms with Crippen molar-refractivity contribution in [3.05, 3.63) is 72.4 Å². The number of nitrogens with one attached hydrogen (secondary N) is 1. The van der Waals surface area contributed by atoms with Crippen molar-refractivity contribution in [3.63, 3.8) is 0 Å². The Balaban J connectivity index is 1.77. The van der Waals surface area contributed by atoms with Crippen LogP contribution >= 0.6 is 0 Å². The quantitative estimate of drug-likeness (QED) is 0.589. The standard InChI is InChI=1S/C20H20N4O/c1-14(25)10-18-20(15-6-3-2-4-7-15)23-13-24(18)11-16-8-5-9-17-19(16)22-12-21-17/h2-9,12-14,25H,10-11H2,1H3,(H,21,22). The number of fused-ring (bicyclic) bond motifs is 1. The average Bonchev–Trinajstić information content (AvgIpc) is 3.23. The van der Waals surface area contributed by atoms with Crippen LogP contribution in [0.25, 0.3) is 22.3 Å². The summed E-state index contributed by atoms with van der Waals surface area (Å²) in [5, 5.41) is 9.97. The zero-order valence-corrected chi connectivity index (χ0v) is 14.1. The normalized spacial score (nSPS) is 12.6. The second-order valence-electron chi connectivity index (χ2n) is 6.30. The van der Waals surface area contributed by atoms with Crippen LogP contribution in [0.15, 0.2) is 61.2 Å². The first kappa shape index (κ1) is 15.6. The number of aromatic nitrogens is 4. The molecule has 0 aliphatic heterocycles. The molecule has 0 aliphatic rings. The van der Waals surface area contributed by atoms with Crippen LogP contribution in [-0.2, 0) is 13.0 Å². The SMILES string of the molecule is CC(O)Cc1c(-c2ccccc2)ncn1Cc1cccc2[nH]cnc12. The van der Waals surface area contributed by atoms with E-state index in [1.54, 1.807) is 13.3 Å². The third-order valence-corrected chi connectivity index (χ3v) is 4.36. The molecule has 5 heteroatoms. The maximum Gasteiger partial charge on any atom is 0.0959 e. The highest BCUT2D eigenvalue weighted by atomic mass is 16.3. The zero-order chi connectivity index (χ0) is 17.2. The Morgan fingerprint density at radius 1 is 1.08 bits per heavy atom. The third kappa shape index (κ3) is 3.06. The molecule has 2 aromatic carbocycles. The highest BCUT2D eigenvalue weighted by Crippen LogP contribution is 2.25. The Morgan fingerprint density at radius 3 is 2.72 bits per heavy atom. The largest absolute Gasteiger partial charge is 0.393 e. The molecule has 126 valence electrons. The number of benzene rings is 2. The van der Waals surface area contributed by atoms with Crippen molar-refractivity contribution in [2.24, 2.45) is 0 Å². The lowest BCUT2D eigenvalue weighted by Gasteiger charge is -2.12. The van der Waals surface area contributed by atoms with Gasteiger partial charge in [0.2, 0.25) is 0 Å². The predicted octanol–water partition coefficient (Wildman–Crippen LogP) is 3.40. The Bertz CT molecular complexity index is 985. The number of rotatable bonds is 5. The molecular formula is C20H20N4O. The van der Waals surface area contributed by atoms with E-state index >= 15 is 0 Å². The first-order chi connectivity index (χ1) is 12.2. The molecule has 2 heterocycles. The molecule has 0 aliphatic carbocycles. The van der Waals surface area contributed by atoms with Gasteiger partial charge in [0.25, 0.3) is 0 Å². The Morgan fingerprint density at radius 2 is 1.92 bits per heavy atom. The van der Waals surface area contributed by atoms with E-state index < -0.39 is 6.10 Å². The van der Waals surface area contributed by atoms with Gasteiger partial charge in [0, 0.05) is 17.7 Å². The molecule has 0 saturated carbocycles. The average molecular weight is 332 g/mol. The fraction of sp³-hybridized carbons (Fsp3) is 0.200. The molecule has 25 heavy (non-hydrogen) atoms. The maximum atomic E-state index is 9.97. The Hall–Kier alpha value is -2.92. The van der Waals surface area contributed by atoms with Gasteiger partial charge < -0.3 is 14.7 Å². The van der Waals surface area contributed by atoms with E-state index in [2.05, 4.69) is 25.6 Å². The van der Waals surface area contributed by atoms with Crippen molar-refractivity contribution in [1.29, 1.82) is 0 Å². The molecule has 2 N–H and O–H groups in total. The molecule has 1 unspecified atom stereocenters. The minimum Gasteiger partial charge on any atom is -0.393 e. The van der Waals surface area contributed by atoms with Crippen LogP contribution in [-0.4, -0.2) is 30.7 Å². The van der Waals surface area contributed by atoms with Crippen LogP contribution < -0.4 is 0 Å². The summed E-state index contributed by atoms with van der Waals surface area (Å²) in [4.78, 5) is 12.2. The van der Waals surface area contributed by atoms with E-state index in [1.165, 1.54) is 0 Å². The number of nitrogens with zero attached hydrogens (tertiary/aromatic N) is 3. The monoisotopic (exact) mass is 332 g/mol. The van der Waals surface area contributed by atoms with Gasteiger partial charge in [-0.15, -0.1) is 0 Å². The second kappa shape index (κ2) is 6.53. The molecule has 0 radical (unpaired) electrons. The van der Waals surface area contributed by atoms with Crippen LogP contribution in [0.5, 0.6) is 0 Å². The molecule has 0 fully saturated rings. The van der Waals surface area contributed by atoms with Gasteiger partial charge in [-0.2, -0.15) is 0 Å². The summed E-state index contributed by atoms with van der Waals surface area (Å²) in [6, 6.07) is 16.2. The molecule has 4 rings (SSSR count). The number of hydrogen-bond donors (Lipinski definition) is 2. The molecular weight excluding hydrogens is 312 g/mol. The summed E-state index contributed by atoms with van der Waals surface area (Å²) in [7, 11) is 0. The highest BCUT2D eigenvalue weighted by molar-refractivity contribution is 5.78. The fourth-order valence-electron chi connectivity index (χ4n) is 3.21. The summed E-state index contributed by atoms with van der Waals surface area (Å²) < 4.78 is 2.11.